The second-order valence-corrected chi connectivity index (χ2v) is 6.35. The molecule has 122 valence electrons. The van der Waals surface area contributed by atoms with Gasteiger partial charge < -0.3 is 10.2 Å². The largest absolute Gasteiger partial charge is 0.348 e. The number of rotatable bonds is 2. The summed E-state index contributed by atoms with van der Waals surface area (Å²) in [4.78, 5) is 15.4. The molecule has 2 aliphatic rings. The Balaban J connectivity index is 1.78. The number of carbonyl (C=O) groups is 1. The quantitative estimate of drug-likeness (QED) is 0.924. The third kappa shape index (κ3) is 2.53. The summed E-state index contributed by atoms with van der Waals surface area (Å²) in [7, 11) is 2.03. The summed E-state index contributed by atoms with van der Waals surface area (Å²) >= 11 is 0. The number of benzene rings is 1. The average Bonchev–Trinajstić information content (AvgIpc) is 3.07. The molecule has 2 unspecified atom stereocenters. The van der Waals surface area contributed by atoms with E-state index in [-0.39, 0.29) is 23.0 Å². The van der Waals surface area contributed by atoms with Gasteiger partial charge in [-0.25, -0.2) is 0 Å². The van der Waals surface area contributed by atoms with Crippen LogP contribution in [0.5, 0.6) is 0 Å². The lowest BCUT2D eigenvalue weighted by Crippen LogP contribution is -2.55. The Labute approximate surface area is 147 Å². The number of nitrogens with one attached hydrogen (secondary N) is 1. The number of amides is 1. The van der Waals surface area contributed by atoms with Crippen LogP contribution in [-0.4, -0.2) is 45.7 Å². The van der Waals surface area contributed by atoms with Gasteiger partial charge >= 0.3 is 0 Å². The molecule has 4 rings (SSSR count). The molecule has 1 aromatic heterocycles. The lowest BCUT2D eigenvalue weighted by atomic mass is 9.82. The molecule has 1 amide bonds. The molecule has 0 aliphatic carbocycles. The zero-order valence-corrected chi connectivity index (χ0v) is 12.9. The molecule has 2 aromatic rings. The van der Waals surface area contributed by atoms with Crippen molar-refractivity contribution >= 4 is 16.8 Å². The minimum absolute atomic E-state index is 0.166. The van der Waals surface area contributed by atoms with Crippen LogP contribution in [0, 0.1) is 0 Å². The lowest BCUT2D eigenvalue weighted by Gasteiger charge is -2.47. The molecule has 0 saturated carbocycles. The zero-order chi connectivity index (χ0) is 22.9. The predicted molar refractivity (Wildman–Crippen MR) is 90.4 cm³/mol. The van der Waals surface area contributed by atoms with Gasteiger partial charge in [0, 0.05) is 34.6 Å². The SMILES string of the molecule is [2H]c1c([2H])c([2H])c2c(c(C(=O)NC3([2H])CC4CCCC(C3)N4C)nn2C([2H])([2H])[2H])c1[2H]. The maximum atomic E-state index is 13.2. The van der Waals surface area contributed by atoms with E-state index in [4.69, 9.17) is 11.0 Å². The van der Waals surface area contributed by atoms with Crippen molar-refractivity contribution in [1.29, 1.82) is 0 Å². The third-order valence-corrected chi connectivity index (χ3v) is 5.01. The van der Waals surface area contributed by atoms with Gasteiger partial charge in [0.05, 0.1) is 12.4 Å². The number of carbonyl (C=O) groups excluding carboxylic acids is 1. The normalized spacial score (nSPS) is 36.7. The smallest absolute Gasteiger partial charge is 0.272 e. The number of aromatic nitrogens is 2. The summed E-state index contributed by atoms with van der Waals surface area (Å²) in [6.07, 6.45) is 3.79. The van der Waals surface area contributed by atoms with Crippen molar-refractivity contribution in [2.75, 3.05) is 7.05 Å². The Morgan fingerprint density at radius 2 is 2.13 bits per heavy atom. The number of aryl methyl sites for hydroxylation is 1. The summed E-state index contributed by atoms with van der Waals surface area (Å²) in [5.41, 5.74) is -0.760. The molecule has 5 heteroatoms. The highest BCUT2D eigenvalue weighted by atomic mass is 16.2. The first-order valence-electron chi connectivity index (χ1n) is 11.9. The zero-order valence-electron chi connectivity index (χ0n) is 20.9. The van der Waals surface area contributed by atoms with Crippen molar-refractivity contribution in [3.63, 3.8) is 0 Å². The molecule has 2 aliphatic heterocycles. The molecule has 0 radical (unpaired) electrons. The molecule has 2 fully saturated rings. The van der Waals surface area contributed by atoms with E-state index < -0.39 is 48.8 Å². The minimum Gasteiger partial charge on any atom is -0.348 e. The van der Waals surface area contributed by atoms with E-state index in [1.165, 1.54) is 0 Å². The molecule has 5 nitrogen and oxygen atoms in total. The maximum absolute atomic E-state index is 13.2. The van der Waals surface area contributed by atoms with Gasteiger partial charge in [-0.3, -0.25) is 9.48 Å². The number of hydrogen-bond donors (Lipinski definition) is 1. The van der Waals surface area contributed by atoms with Gasteiger partial charge in [-0.05, 0) is 38.8 Å². The Kier molecular flexibility index (Phi) is 2.03. The predicted octanol–water partition coefficient (Wildman–Crippen LogP) is 2.32. The number of fused-ring (bicyclic) bond motifs is 3. The summed E-state index contributed by atoms with van der Waals surface area (Å²) in [6.45, 7) is -2.85. The van der Waals surface area contributed by atoms with Crippen LogP contribution in [-0.2, 0) is 6.98 Å². The Bertz CT molecular complexity index is 1050. The lowest BCUT2D eigenvalue weighted by molar-refractivity contribution is 0.0462. The molecule has 2 bridgehead atoms. The van der Waals surface area contributed by atoms with Gasteiger partial charge in [0.1, 0.15) is 0 Å². The first-order chi connectivity index (χ1) is 14.3. The Morgan fingerprint density at radius 3 is 2.87 bits per heavy atom. The van der Waals surface area contributed by atoms with E-state index in [9.17, 15) is 4.79 Å². The van der Waals surface area contributed by atoms with Crippen molar-refractivity contribution in [2.24, 2.45) is 6.98 Å². The van der Waals surface area contributed by atoms with Crippen molar-refractivity contribution in [1.82, 2.24) is 20.0 Å². The number of hydrogen-bond acceptors (Lipinski definition) is 3. The van der Waals surface area contributed by atoms with Crippen LogP contribution in [0.25, 0.3) is 10.9 Å². The second kappa shape index (κ2) is 5.64. The average molecular weight is 320 g/mol. The number of piperidine rings is 2. The molecule has 3 heterocycles. The number of nitrogens with zero attached hydrogens (tertiary/aromatic N) is 3. The summed E-state index contributed by atoms with van der Waals surface area (Å²) in [6, 6.07) is -3.22. The van der Waals surface area contributed by atoms with Gasteiger partial charge in [-0.1, -0.05) is 24.5 Å². The topological polar surface area (TPSA) is 50.2 Å². The van der Waals surface area contributed by atoms with Crippen LogP contribution < -0.4 is 5.32 Å². The molecule has 1 N–H and O–H groups in total. The van der Waals surface area contributed by atoms with E-state index in [0.29, 0.717) is 17.5 Å². The molecule has 1 aromatic carbocycles. The Morgan fingerprint density at radius 1 is 1.39 bits per heavy atom. The van der Waals surface area contributed by atoms with E-state index in [2.05, 4.69) is 15.3 Å². The third-order valence-electron chi connectivity index (χ3n) is 5.01. The number of para-hydroxylation sites is 1. The fourth-order valence-electron chi connectivity index (χ4n) is 3.76. The minimum atomic E-state index is -2.85. The fourth-order valence-corrected chi connectivity index (χ4v) is 3.76. The van der Waals surface area contributed by atoms with Crippen molar-refractivity contribution in [3.05, 3.63) is 29.9 Å². The van der Waals surface area contributed by atoms with Gasteiger partial charge in [-0.15, -0.1) is 0 Å². The molecule has 0 spiro atoms. The van der Waals surface area contributed by atoms with Gasteiger partial charge in [0.25, 0.3) is 5.91 Å². The summed E-state index contributed by atoms with van der Waals surface area (Å²) in [5, 5.41) is 6.32. The van der Waals surface area contributed by atoms with Crippen molar-refractivity contribution in [3.8, 4) is 0 Å². The fraction of sp³-hybridized carbons (Fsp3) is 0.556. The molecular weight excluding hydrogens is 288 g/mol. The van der Waals surface area contributed by atoms with E-state index in [0.717, 1.165) is 19.3 Å². The van der Waals surface area contributed by atoms with Gasteiger partial charge in [0.2, 0.25) is 0 Å². The van der Waals surface area contributed by atoms with Crippen LogP contribution in [0.15, 0.2) is 24.2 Å². The molecule has 2 atom stereocenters. The molecular formula is C18H24N4O. The van der Waals surface area contributed by atoms with Gasteiger partial charge in [0.15, 0.2) is 5.69 Å². The van der Waals surface area contributed by atoms with Crippen molar-refractivity contribution < 1.29 is 15.8 Å². The summed E-state index contributed by atoms with van der Waals surface area (Å²) in [5.74, 6) is -0.810. The summed E-state index contributed by atoms with van der Waals surface area (Å²) < 4.78 is 64.6. The highest BCUT2D eigenvalue weighted by molar-refractivity contribution is 6.04. The van der Waals surface area contributed by atoms with Crippen LogP contribution >= 0.6 is 0 Å². The van der Waals surface area contributed by atoms with Crippen molar-refractivity contribution in [2.45, 2.75) is 50.2 Å². The van der Waals surface area contributed by atoms with Crippen LogP contribution in [0.2, 0.25) is 0 Å². The second-order valence-electron chi connectivity index (χ2n) is 6.35. The first kappa shape index (κ1) is 8.29. The van der Waals surface area contributed by atoms with Crippen LogP contribution in [0.1, 0.15) is 53.6 Å². The Hall–Kier alpha value is -1.88. The van der Waals surface area contributed by atoms with Crippen LogP contribution in [0.3, 0.4) is 0 Å². The van der Waals surface area contributed by atoms with E-state index >= 15 is 0 Å². The molecule has 23 heavy (non-hydrogen) atoms. The molecule has 2 saturated heterocycles. The van der Waals surface area contributed by atoms with Gasteiger partial charge in [-0.2, -0.15) is 5.10 Å². The maximum Gasteiger partial charge on any atom is 0.272 e. The van der Waals surface area contributed by atoms with E-state index in [1.54, 1.807) is 0 Å². The van der Waals surface area contributed by atoms with E-state index in [1.807, 2.05) is 7.05 Å². The highest BCUT2D eigenvalue weighted by Gasteiger charge is 2.36. The first-order valence-corrected chi connectivity index (χ1v) is 7.88. The van der Waals surface area contributed by atoms with Crippen LogP contribution in [0.4, 0.5) is 0 Å². The monoisotopic (exact) mass is 320 g/mol. The highest BCUT2D eigenvalue weighted by Crippen LogP contribution is 2.32. The standard InChI is InChI=1S/C18H24N4O/c1-21-13-6-5-7-14(21)11-12(10-13)19-18(23)17-15-8-3-4-9-16(15)22(2)20-17/h3-4,8-9,12-14H,5-7,10-11H2,1-2H3,(H,19,23)/i2D3,3D,4D,8D,9D,12D.